The van der Waals surface area contributed by atoms with Crippen molar-refractivity contribution in [1.82, 2.24) is 5.32 Å². The standard InChI is InChI=1S/C19H19NO7S2/c1-11(17-18(23)20-19(28)29-17)4-5-12-6-7-13(26-9-15(21)24-2)14(8-12)27-10-16(22)25-3/h4-8H,9-10H2,1-3H3,(H,20,23,28). The van der Waals surface area contributed by atoms with Crippen molar-refractivity contribution in [2.24, 2.45) is 0 Å². The van der Waals surface area contributed by atoms with Crippen molar-refractivity contribution in [2.45, 2.75) is 6.92 Å². The summed E-state index contributed by atoms with van der Waals surface area (Å²) in [5.74, 6) is -0.828. The lowest BCUT2D eigenvalue weighted by Gasteiger charge is -2.12. The minimum Gasteiger partial charge on any atom is -0.478 e. The van der Waals surface area contributed by atoms with Crippen molar-refractivity contribution in [1.29, 1.82) is 0 Å². The highest BCUT2D eigenvalue weighted by Gasteiger charge is 2.23. The fourth-order valence-corrected chi connectivity index (χ4v) is 3.17. The summed E-state index contributed by atoms with van der Waals surface area (Å²) in [5.41, 5.74) is 1.47. The molecule has 0 aliphatic carbocycles. The predicted molar refractivity (Wildman–Crippen MR) is 112 cm³/mol. The summed E-state index contributed by atoms with van der Waals surface area (Å²) in [7, 11) is 2.50. The Balaban J connectivity index is 2.22. The number of nitrogens with one attached hydrogen (secondary N) is 1. The van der Waals surface area contributed by atoms with Gasteiger partial charge in [-0.2, -0.15) is 0 Å². The molecule has 8 nitrogen and oxygen atoms in total. The van der Waals surface area contributed by atoms with Crippen LogP contribution >= 0.6 is 24.0 Å². The first kappa shape index (κ1) is 22.4. The number of thiocarbonyl (C=S) groups is 1. The average Bonchev–Trinajstić information content (AvgIpc) is 3.06. The molecule has 154 valence electrons. The Labute approximate surface area is 177 Å². The maximum Gasteiger partial charge on any atom is 0.343 e. The van der Waals surface area contributed by atoms with E-state index in [4.69, 9.17) is 21.7 Å². The molecule has 0 bridgehead atoms. The molecule has 0 aromatic heterocycles. The Morgan fingerprint density at radius 2 is 1.72 bits per heavy atom. The molecule has 1 fully saturated rings. The van der Waals surface area contributed by atoms with Crippen LogP contribution in [0.3, 0.4) is 0 Å². The highest BCUT2D eigenvalue weighted by atomic mass is 32.2. The molecule has 1 heterocycles. The van der Waals surface area contributed by atoms with Gasteiger partial charge in [-0.25, -0.2) is 9.59 Å². The molecule has 0 atom stereocenters. The van der Waals surface area contributed by atoms with Gasteiger partial charge in [-0.1, -0.05) is 42.2 Å². The summed E-state index contributed by atoms with van der Waals surface area (Å²) in [6.45, 7) is 1.17. The van der Waals surface area contributed by atoms with Crippen LogP contribution in [0.2, 0.25) is 0 Å². The summed E-state index contributed by atoms with van der Waals surface area (Å²) >= 11 is 6.19. The molecule has 1 N–H and O–H groups in total. The van der Waals surface area contributed by atoms with Crippen LogP contribution in [-0.2, 0) is 23.9 Å². The molecule has 1 amide bonds. The van der Waals surface area contributed by atoms with Gasteiger partial charge in [0, 0.05) is 0 Å². The zero-order chi connectivity index (χ0) is 21.4. The van der Waals surface area contributed by atoms with Gasteiger partial charge in [-0.15, -0.1) is 0 Å². The number of allylic oxidation sites excluding steroid dienone is 2. The number of hydrogen-bond donors (Lipinski definition) is 1. The second kappa shape index (κ2) is 10.6. The van der Waals surface area contributed by atoms with Crippen molar-refractivity contribution in [3.8, 4) is 11.5 Å². The van der Waals surface area contributed by atoms with E-state index < -0.39 is 11.9 Å². The number of thioether (sulfide) groups is 1. The number of methoxy groups -OCH3 is 2. The van der Waals surface area contributed by atoms with Gasteiger partial charge in [-0.3, -0.25) is 4.79 Å². The van der Waals surface area contributed by atoms with Crippen LogP contribution in [0.15, 0.2) is 34.8 Å². The maximum atomic E-state index is 11.8. The zero-order valence-corrected chi connectivity index (χ0v) is 17.6. The number of hydrogen-bond acceptors (Lipinski definition) is 9. The van der Waals surface area contributed by atoms with E-state index in [0.717, 1.165) is 11.1 Å². The molecule has 0 radical (unpaired) electrons. The van der Waals surface area contributed by atoms with Gasteiger partial charge in [0.1, 0.15) is 4.32 Å². The average molecular weight is 437 g/mol. The molecular weight excluding hydrogens is 418 g/mol. The SMILES string of the molecule is COC(=O)COc1ccc(C=CC(C)=C2SC(=S)NC2=O)cc1OCC(=O)OC. The zero-order valence-electron chi connectivity index (χ0n) is 16.0. The predicted octanol–water partition coefficient (Wildman–Crippen LogP) is 2.23. The van der Waals surface area contributed by atoms with Crippen LogP contribution in [0, 0.1) is 0 Å². The van der Waals surface area contributed by atoms with Gasteiger partial charge >= 0.3 is 11.9 Å². The highest BCUT2D eigenvalue weighted by molar-refractivity contribution is 8.26. The van der Waals surface area contributed by atoms with Crippen molar-refractivity contribution in [3.63, 3.8) is 0 Å². The van der Waals surface area contributed by atoms with Crippen molar-refractivity contribution < 1.29 is 33.3 Å². The number of amides is 1. The normalized spacial score (nSPS) is 15.1. The van der Waals surface area contributed by atoms with Gasteiger partial charge < -0.3 is 24.3 Å². The van der Waals surface area contributed by atoms with E-state index in [0.29, 0.717) is 9.23 Å². The van der Waals surface area contributed by atoms with Crippen molar-refractivity contribution >= 4 is 52.2 Å². The van der Waals surface area contributed by atoms with Crippen LogP contribution in [0.4, 0.5) is 0 Å². The summed E-state index contributed by atoms with van der Waals surface area (Å²) < 4.78 is 20.4. The second-order valence-corrected chi connectivity index (χ2v) is 7.31. The van der Waals surface area contributed by atoms with E-state index in [1.165, 1.54) is 26.0 Å². The number of carbonyl (C=O) groups is 3. The Morgan fingerprint density at radius 1 is 1.10 bits per heavy atom. The van der Waals surface area contributed by atoms with Gasteiger partial charge in [0.15, 0.2) is 24.7 Å². The Kier molecular flexibility index (Phi) is 8.22. The Morgan fingerprint density at radius 3 is 2.28 bits per heavy atom. The van der Waals surface area contributed by atoms with E-state index in [9.17, 15) is 14.4 Å². The fourth-order valence-electron chi connectivity index (χ4n) is 2.12. The molecule has 0 unspecified atom stereocenters. The van der Waals surface area contributed by atoms with Crippen LogP contribution in [-0.4, -0.2) is 49.6 Å². The minimum atomic E-state index is -0.564. The van der Waals surface area contributed by atoms with E-state index in [1.54, 1.807) is 37.3 Å². The third-order valence-electron chi connectivity index (χ3n) is 3.61. The van der Waals surface area contributed by atoms with E-state index in [1.807, 2.05) is 0 Å². The molecule has 1 saturated heterocycles. The number of benzene rings is 1. The number of esters is 2. The number of carbonyl (C=O) groups excluding carboxylic acids is 3. The highest BCUT2D eigenvalue weighted by Crippen LogP contribution is 2.30. The molecule has 0 spiro atoms. The number of rotatable bonds is 8. The number of ether oxygens (including phenoxy) is 4. The quantitative estimate of drug-likeness (QED) is 0.373. The molecular formula is C19H19NO7S2. The van der Waals surface area contributed by atoms with Gasteiger partial charge in [-0.05, 0) is 30.2 Å². The topological polar surface area (TPSA) is 100 Å². The van der Waals surface area contributed by atoms with E-state index >= 15 is 0 Å². The summed E-state index contributed by atoms with van der Waals surface area (Å²) in [6.07, 6.45) is 3.54. The lowest BCUT2D eigenvalue weighted by Crippen LogP contribution is -2.18. The third kappa shape index (κ3) is 6.61. The minimum absolute atomic E-state index is 0.226. The largest absolute Gasteiger partial charge is 0.478 e. The van der Waals surface area contributed by atoms with Gasteiger partial charge in [0.2, 0.25) is 0 Å². The van der Waals surface area contributed by atoms with E-state index in [-0.39, 0.29) is 30.6 Å². The summed E-state index contributed by atoms with van der Waals surface area (Å²) in [6, 6.07) is 4.97. The van der Waals surface area contributed by atoms with Gasteiger partial charge in [0.25, 0.3) is 5.91 Å². The molecule has 29 heavy (non-hydrogen) atoms. The molecule has 1 aliphatic heterocycles. The lowest BCUT2D eigenvalue weighted by molar-refractivity contribution is -0.144. The summed E-state index contributed by atoms with van der Waals surface area (Å²) in [5, 5.41) is 2.57. The first-order chi connectivity index (χ1) is 13.8. The molecule has 1 aliphatic rings. The molecule has 10 heteroatoms. The second-order valence-electron chi connectivity index (χ2n) is 5.62. The summed E-state index contributed by atoms with van der Waals surface area (Å²) in [4.78, 5) is 35.1. The Hall–Kier alpha value is -2.85. The third-order valence-corrected chi connectivity index (χ3v) is 4.97. The van der Waals surface area contributed by atoms with E-state index in [2.05, 4.69) is 14.8 Å². The molecule has 0 saturated carbocycles. The van der Waals surface area contributed by atoms with Crippen molar-refractivity contribution in [2.75, 3.05) is 27.4 Å². The van der Waals surface area contributed by atoms with Gasteiger partial charge in [0.05, 0.1) is 19.1 Å². The Bertz CT molecular complexity index is 893. The molecule has 1 aromatic rings. The fraction of sp³-hybridized carbons (Fsp3) is 0.263. The van der Waals surface area contributed by atoms with Crippen LogP contribution in [0.1, 0.15) is 12.5 Å². The molecule has 2 rings (SSSR count). The maximum absolute atomic E-state index is 11.8. The first-order valence-corrected chi connectivity index (χ1v) is 9.52. The first-order valence-electron chi connectivity index (χ1n) is 8.29. The van der Waals surface area contributed by atoms with Crippen LogP contribution < -0.4 is 14.8 Å². The van der Waals surface area contributed by atoms with Crippen LogP contribution in [0.25, 0.3) is 6.08 Å². The van der Waals surface area contributed by atoms with Crippen LogP contribution in [0.5, 0.6) is 11.5 Å². The monoisotopic (exact) mass is 437 g/mol. The smallest absolute Gasteiger partial charge is 0.343 e. The van der Waals surface area contributed by atoms with Crippen molar-refractivity contribution in [3.05, 3.63) is 40.3 Å². The molecule has 1 aromatic carbocycles. The lowest BCUT2D eigenvalue weighted by atomic mass is 10.1.